The van der Waals surface area contributed by atoms with Gasteiger partial charge in [-0.05, 0) is 17.7 Å². The van der Waals surface area contributed by atoms with Gasteiger partial charge in [-0.2, -0.15) is 5.26 Å². The Labute approximate surface area is 85.3 Å². The molecular formula is C9H7FN4O. The predicted molar refractivity (Wildman–Crippen MR) is 50.6 cm³/mol. The normalized spacial score (nSPS) is 8.80. The van der Waals surface area contributed by atoms with Crippen LogP contribution in [0.3, 0.4) is 0 Å². The van der Waals surface area contributed by atoms with Crippen LogP contribution in [0.5, 0.6) is 5.75 Å². The zero-order valence-corrected chi connectivity index (χ0v) is 7.72. The molecule has 0 aliphatic rings. The molecule has 15 heavy (non-hydrogen) atoms. The maximum atomic E-state index is 13.0. The molecule has 0 unspecified atom stereocenters. The monoisotopic (exact) mass is 206 g/mol. The van der Waals surface area contributed by atoms with E-state index in [2.05, 4.69) is 10.0 Å². The Morgan fingerprint density at radius 3 is 3.07 bits per heavy atom. The summed E-state index contributed by atoms with van der Waals surface area (Å²) < 4.78 is 18.1. The molecule has 5 nitrogen and oxygen atoms in total. The van der Waals surface area contributed by atoms with E-state index in [4.69, 9.17) is 15.5 Å². The molecule has 0 N–H and O–H groups in total. The average Bonchev–Trinajstić information content (AvgIpc) is 2.24. The number of halogens is 1. The molecule has 76 valence electrons. The first-order valence-corrected chi connectivity index (χ1v) is 4.12. The van der Waals surface area contributed by atoms with Crippen LogP contribution in [0.1, 0.15) is 5.56 Å². The summed E-state index contributed by atoms with van der Waals surface area (Å²) in [5.74, 6) is -0.468. The van der Waals surface area contributed by atoms with Crippen LogP contribution >= 0.6 is 0 Å². The number of hydrogen-bond acceptors (Lipinski definition) is 3. The van der Waals surface area contributed by atoms with Gasteiger partial charge < -0.3 is 4.74 Å². The van der Waals surface area contributed by atoms with E-state index < -0.39 is 5.82 Å². The van der Waals surface area contributed by atoms with Gasteiger partial charge in [0.25, 0.3) is 0 Å². The second-order valence-corrected chi connectivity index (χ2v) is 2.53. The third-order valence-corrected chi connectivity index (χ3v) is 1.60. The van der Waals surface area contributed by atoms with Gasteiger partial charge in [0.1, 0.15) is 23.2 Å². The Balaban J connectivity index is 2.73. The van der Waals surface area contributed by atoms with Crippen LogP contribution in [0, 0.1) is 17.1 Å². The molecule has 1 rings (SSSR count). The summed E-state index contributed by atoms with van der Waals surface area (Å²) in [5, 5.41) is 11.9. The summed E-state index contributed by atoms with van der Waals surface area (Å²) in [5.41, 5.74) is 7.86. The minimum absolute atomic E-state index is 0.113. The van der Waals surface area contributed by atoms with E-state index in [1.54, 1.807) is 6.07 Å². The minimum Gasteiger partial charge on any atom is -0.492 e. The van der Waals surface area contributed by atoms with Gasteiger partial charge in [0.05, 0.1) is 13.2 Å². The lowest BCUT2D eigenvalue weighted by Gasteiger charge is -2.05. The zero-order valence-electron chi connectivity index (χ0n) is 7.72. The second-order valence-electron chi connectivity index (χ2n) is 2.53. The molecule has 0 atom stereocenters. The maximum absolute atomic E-state index is 13.0. The minimum atomic E-state index is -0.626. The predicted octanol–water partition coefficient (Wildman–Crippen LogP) is 2.39. The van der Waals surface area contributed by atoms with Crippen LogP contribution in [0.4, 0.5) is 4.39 Å². The second kappa shape index (κ2) is 5.47. The van der Waals surface area contributed by atoms with Gasteiger partial charge >= 0.3 is 0 Å². The third-order valence-electron chi connectivity index (χ3n) is 1.60. The smallest absolute Gasteiger partial charge is 0.144 e. The molecule has 1 aromatic carbocycles. The van der Waals surface area contributed by atoms with Crippen LogP contribution in [0.25, 0.3) is 10.4 Å². The van der Waals surface area contributed by atoms with Gasteiger partial charge in [0.15, 0.2) is 0 Å². The van der Waals surface area contributed by atoms with Crippen molar-refractivity contribution in [3.8, 4) is 11.8 Å². The zero-order chi connectivity index (χ0) is 11.1. The average molecular weight is 206 g/mol. The van der Waals surface area contributed by atoms with Gasteiger partial charge in [-0.1, -0.05) is 11.2 Å². The number of hydrogen-bond donors (Lipinski definition) is 0. The van der Waals surface area contributed by atoms with E-state index >= 15 is 0 Å². The number of ether oxygens (including phenoxy) is 1. The molecule has 0 spiro atoms. The topological polar surface area (TPSA) is 81.8 Å². The fourth-order valence-corrected chi connectivity index (χ4v) is 0.974. The number of benzene rings is 1. The van der Waals surface area contributed by atoms with Crippen molar-refractivity contribution in [3.63, 3.8) is 0 Å². The molecule has 0 radical (unpaired) electrons. The highest BCUT2D eigenvalue weighted by Crippen LogP contribution is 2.19. The highest BCUT2D eigenvalue weighted by Gasteiger charge is 2.07. The lowest BCUT2D eigenvalue weighted by atomic mass is 10.2. The van der Waals surface area contributed by atoms with Crippen molar-refractivity contribution >= 4 is 0 Å². The molecule has 1 aromatic rings. The van der Waals surface area contributed by atoms with Crippen LogP contribution in [0.2, 0.25) is 0 Å². The molecule has 0 aliphatic carbocycles. The quantitative estimate of drug-likeness (QED) is 0.328. The number of azide groups is 1. The molecule has 0 saturated heterocycles. The van der Waals surface area contributed by atoms with Crippen molar-refractivity contribution in [1.82, 2.24) is 0 Å². The third kappa shape index (κ3) is 2.86. The molecule has 0 aliphatic heterocycles. The number of rotatable bonds is 4. The molecule has 0 heterocycles. The van der Waals surface area contributed by atoms with Gasteiger partial charge in [-0.15, -0.1) is 0 Å². The van der Waals surface area contributed by atoms with E-state index in [-0.39, 0.29) is 24.5 Å². The van der Waals surface area contributed by atoms with E-state index in [1.807, 2.05) is 0 Å². The maximum Gasteiger partial charge on any atom is 0.144 e. The van der Waals surface area contributed by atoms with Crippen molar-refractivity contribution in [2.24, 2.45) is 5.11 Å². The van der Waals surface area contributed by atoms with E-state index in [1.165, 1.54) is 18.2 Å². The summed E-state index contributed by atoms with van der Waals surface area (Å²) in [4.78, 5) is 2.53. The van der Waals surface area contributed by atoms with Crippen molar-refractivity contribution in [3.05, 3.63) is 40.0 Å². The van der Waals surface area contributed by atoms with E-state index in [9.17, 15) is 4.39 Å². The van der Waals surface area contributed by atoms with Crippen molar-refractivity contribution in [1.29, 1.82) is 5.26 Å². The summed E-state index contributed by atoms with van der Waals surface area (Å²) >= 11 is 0. The van der Waals surface area contributed by atoms with Crippen LogP contribution < -0.4 is 4.74 Å². The van der Waals surface area contributed by atoms with Gasteiger partial charge in [-0.25, -0.2) is 4.39 Å². The first kappa shape index (κ1) is 10.8. The van der Waals surface area contributed by atoms with Crippen LogP contribution in [0.15, 0.2) is 23.3 Å². The standard InChI is InChI=1S/C9H7FN4O/c10-8-2-1-3-9(7(8)6-11)15-5-4-13-14-12/h1-3H,4-5H2. The fourth-order valence-electron chi connectivity index (χ4n) is 0.974. The molecular weight excluding hydrogens is 199 g/mol. The van der Waals surface area contributed by atoms with Crippen molar-refractivity contribution in [2.75, 3.05) is 13.2 Å². The number of nitriles is 1. The molecule has 0 fully saturated rings. The lowest BCUT2D eigenvalue weighted by molar-refractivity contribution is 0.325. The Bertz CT molecular complexity index is 434. The Kier molecular flexibility index (Phi) is 3.95. The Morgan fingerprint density at radius 2 is 2.40 bits per heavy atom. The molecule has 0 saturated carbocycles. The van der Waals surface area contributed by atoms with Crippen molar-refractivity contribution < 1.29 is 9.13 Å². The SMILES string of the molecule is N#Cc1c(F)cccc1OCCN=[N+]=[N-]. The van der Waals surface area contributed by atoms with Crippen molar-refractivity contribution in [2.45, 2.75) is 0 Å². The molecule has 0 aromatic heterocycles. The van der Waals surface area contributed by atoms with E-state index in [0.717, 1.165) is 0 Å². The lowest BCUT2D eigenvalue weighted by Crippen LogP contribution is -2.02. The van der Waals surface area contributed by atoms with Gasteiger partial charge in [0.2, 0.25) is 0 Å². The highest BCUT2D eigenvalue weighted by atomic mass is 19.1. The van der Waals surface area contributed by atoms with Gasteiger partial charge in [0, 0.05) is 4.91 Å². The van der Waals surface area contributed by atoms with Gasteiger partial charge in [-0.3, -0.25) is 0 Å². The number of nitrogens with zero attached hydrogens (tertiary/aromatic N) is 4. The summed E-state index contributed by atoms with van der Waals surface area (Å²) in [6.45, 7) is 0.250. The Morgan fingerprint density at radius 1 is 1.60 bits per heavy atom. The first-order valence-electron chi connectivity index (χ1n) is 4.12. The highest BCUT2D eigenvalue weighted by molar-refractivity contribution is 5.43. The van der Waals surface area contributed by atoms with Crippen LogP contribution in [-0.4, -0.2) is 13.2 Å². The summed E-state index contributed by atoms with van der Waals surface area (Å²) in [6.07, 6.45) is 0. The molecule has 6 heteroatoms. The summed E-state index contributed by atoms with van der Waals surface area (Å²) in [6, 6.07) is 5.81. The Hall–Kier alpha value is -2.25. The van der Waals surface area contributed by atoms with Crippen LogP contribution in [-0.2, 0) is 0 Å². The first-order chi connectivity index (χ1) is 7.29. The summed E-state index contributed by atoms with van der Waals surface area (Å²) in [7, 11) is 0. The fraction of sp³-hybridized carbons (Fsp3) is 0.222. The molecule has 0 bridgehead atoms. The van der Waals surface area contributed by atoms with E-state index in [0.29, 0.717) is 0 Å². The largest absolute Gasteiger partial charge is 0.492 e. The molecule has 0 amide bonds.